The molecule has 0 unspecified atom stereocenters. The van der Waals surface area contributed by atoms with Gasteiger partial charge in [-0.2, -0.15) is 0 Å². The third-order valence-corrected chi connectivity index (χ3v) is 4.86. The Kier molecular flexibility index (Phi) is 7.82. The first-order valence-corrected chi connectivity index (χ1v) is 10.9. The SMILES string of the molecule is CC(C)(C)OC(=O)NCCOc1cc2c(cc1[N+](=O)[O-])C=NC2.O=[N+]([O-])c1cc2c(cc1O)CN=C2. The number of nitro benzene ring substituents is 2. The van der Waals surface area contributed by atoms with Crippen LogP contribution < -0.4 is 10.1 Å². The van der Waals surface area contributed by atoms with E-state index in [9.17, 15) is 30.1 Å². The van der Waals surface area contributed by atoms with E-state index in [1.807, 2.05) is 0 Å². The number of nitrogens with zero attached hydrogens (tertiary/aromatic N) is 4. The first-order valence-electron chi connectivity index (χ1n) is 10.9. The molecule has 1 amide bonds. The van der Waals surface area contributed by atoms with Crippen LogP contribution in [0.5, 0.6) is 11.5 Å². The van der Waals surface area contributed by atoms with E-state index in [-0.39, 0.29) is 36.0 Å². The number of phenolic OH excluding ortho intramolecular Hbond substituents is 1. The number of nitrogens with one attached hydrogen (secondary N) is 1. The maximum atomic E-state index is 11.5. The van der Waals surface area contributed by atoms with Crippen LogP contribution in [0.25, 0.3) is 0 Å². The Morgan fingerprint density at radius 1 is 1.00 bits per heavy atom. The van der Waals surface area contributed by atoms with Crippen molar-refractivity contribution in [3.63, 3.8) is 0 Å². The topological polar surface area (TPSA) is 179 Å². The van der Waals surface area contributed by atoms with Crippen LogP contribution in [-0.2, 0) is 17.8 Å². The lowest BCUT2D eigenvalue weighted by Crippen LogP contribution is -2.34. The Hall–Kier alpha value is -4.55. The quantitative estimate of drug-likeness (QED) is 0.343. The van der Waals surface area contributed by atoms with Crippen LogP contribution in [0.3, 0.4) is 0 Å². The Labute approximate surface area is 205 Å². The van der Waals surface area contributed by atoms with Gasteiger partial charge in [-0.15, -0.1) is 0 Å². The van der Waals surface area contributed by atoms with Gasteiger partial charge in [0.15, 0.2) is 11.5 Å². The summed E-state index contributed by atoms with van der Waals surface area (Å²) in [4.78, 5) is 39.9. The molecule has 0 saturated carbocycles. The van der Waals surface area contributed by atoms with E-state index < -0.39 is 21.5 Å². The second-order valence-electron chi connectivity index (χ2n) is 8.79. The Balaban J connectivity index is 0.000000233. The van der Waals surface area contributed by atoms with Gasteiger partial charge in [0, 0.05) is 35.7 Å². The molecule has 2 aliphatic heterocycles. The summed E-state index contributed by atoms with van der Waals surface area (Å²) in [6, 6.07) is 5.79. The van der Waals surface area contributed by atoms with Gasteiger partial charge >= 0.3 is 17.5 Å². The van der Waals surface area contributed by atoms with Gasteiger partial charge in [0.1, 0.15) is 12.2 Å². The van der Waals surface area contributed by atoms with Crippen LogP contribution in [0, 0.1) is 20.2 Å². The lowest BCUT2D eigenvalue weighted by atomic mass is 10.1. The zero-order valence-corrected chi connectivity index (χ0v) is 19.9. The van der Waals surface area contributed by atoms with E-state index in [0.29, 0.717) is 18.7 Å². The van der Waals surface area contributed by atoms with Crippen LogP contribution in [-0.4, -0.2) is 52.2 Å². The molecule has 0 spiro atoms. The summed E-state index contributed by atoms with van der Waals surface area (Å²) in [5.41, 5.74) is 2.18. The van der Waals surface area contributed by atoms with Gasteiger partial charge in [0.25, 0.3) is 0 Å². The van der Waals surface area contributed by atoms with Crippen molar-refractivity contribution >= 4 is 29.9 Å². The molecule has 2 aromatic carbocycles. The number of rotatable bonds is 6. The molecule has 0 aliphatic carbocycles. The summed E-state index contributed by atoms with van der Waals surface area (Å²) in [5.74, 6) is -0.125. The Morgan fingerprint density at radius 2 is 1.56 bits per heavy atom. The van der Waals surface area contributed by atoms with Gasteiger partial charge in [-0.3, -0.25) is 30.2 Å². The molecule has 2 aromatic rings. The molecule has 13 heteroatoms. The van der Waals surface area contributed by atoms with E-state index in [2.05, 4.69) is 15.3 Å². The van der Waals surface area contributed by atoms with E-state index in [0.717, 1.165) is 16.7 Å². The number of nitro groups is 2. The number of hydrogen-bond donors (Lipinski definition) is 2. The highest BCUT2D eigenvalue weighted by atomic mass is 16.6. The second-order valence-corrected chi connectivity index (χ2v) is 8.79. The van der Waals surface area contributed by atoms with Gasteiger partial charge in [0.05, 0.1) is 29.5 Å². The van der Waals surface area contributed by atoms with Crippen LogP contribution in [0.2, 0.25) is 0 Å². The number of aliphatic imine (C=N–C) groups is 2. The predicted molar refractivity (Wildman–Crippen MR) is 130 cm³/mol. The van der Waals surface area contributed by atoms with E-state index in [4.69, 9.17) is 9.47 Å². The summed E-state index contributed by atoms with van der Waals surface area (Å²) in [6.07, 6.45) is 2.62. The molecule has 0 atom stereocenters. The molecule has 2 aliphatic rings. The number of alkyl carbamates (subject to hydrolysis) is 1. The van der Waals surface area contributed by atoms with E-state index in [1.165, 1.54) is 18.2 Å². The second kappa shape index (κ2) is 10.8. The summed E-state index contributed by atoms with van der Waals surface area (Å²) in [7, 11) is 0. The first-order chi connectivity index (χ1) is 16.9. The van der Waals surface area contributed by atoms with Gasteiger partial charge in [-0.1, -0.05) is 0 Å². The van der Waals surface area contributed by atoms with Crippen molar-refractivity contribution in [1.82, 2.24) is 5.32 Å². The molecular formula is C23H25N5O8. The van der Waals surface area contributed by atoms with Crippen molar-refractivity contribution in [3.05, 3.63) is 66.7 Å². The van der Waals surface area contributed by atoms with Crippen LogP contribution in [0.15, 0.2) is 34.3 Å². The summed E-state index contributed by atoms with van der Waals surface area (Å²) >= 11 is 0. The fourth-order valence-electron chi connectivity index (χ4n) is 3.29. The van der Waals surface area contributed by atoms with Crippen molar-refractivity contribution in [2.24, 2.45) is 9.98 Å². The molecule has 2 heterocycles. The molecule has 0 bridgehead atoms. The molecule has 13 nitrogen and oxygen atoms in total. The standard InChI is InChI=1S/C15H19N3O5.C8H6N2O3/c1-15(2,3)23-14(19)17-4-5-22-13-7-11-9-16-8-10(11)6-12(13)18(20)21;11-8-2-6-4-9-3-5(6)1-7(8)10(12)13/h6-8H,4-5,9H2,1-3H3,(H,17,19);1-3,11H,4H2. The monoisotopic (exact) mass is 499 g/mol. The lowest BCUT2D eigenvalue weighted by molar-refractivity contribution is -0.386. The molecule has 0 aromatic heterocycles. The number of phenols is 1. The summed E-state index contributed by atoms with van der Waals surface area (Å²) in [6.45, 7) is 6.54. The number of amides is 1. The minimum absolute atomic E-state index is 0.0970. The fourth-order valence-corrected chi connectivity index (χ4v) is 3.29. The van der Waals surface area contributed by atoms with Crippen molar-refractivity contribution in [2.45, 2.75) is 39.5 Å². The molecule has 4 rings (SSSR count). The highest BCUT2D eigenvalue weighted by Gasteiger charge is 2.21. The number of carbonyl (C=O) groups is 1. The molecule has 2 N–H and O–H groups in total. The van der Waals surface area contributed by atoms with Gasteiger partial charge in [-0.05, 0) is 44.0 Å². The molecule has 0 radical (unpaired) electrons. The number of carbonyl (C=O) groups excluding carboxylic acids is 1. The van der Waals surface area contributed by atoms with Gasteiger partial charge in [-0.25, -0.2) is 4.79 Å². The average molecular weight is 499 g/mol. The van der Waals surface area contributed by atoms with Crippen molar-refractivity contribution in [3.8, 4) is 11.5 Å². The Morgan fingerprint density at radius 3 is 2.11 bits per heavy atom. The maximum absolute atomic E-state index is 11.5. The van der Waals surface area contributed by atoms with Gasteiger partial charge in [0.2, 0.25) is 0 Å². The smallest absolute Gasteiger partial charge is 0.407 e. The van der Waals surface area contributed by atoms with Crippen LogP contribution >= 0.6 is 0 Å². The minimum Gasteiger partial charge on any atom is -0.502 e. The highest BCUT2D eigenvalue weighted by Crippen LogP contribution is 2.32. The number of ether oxygens (including phenoxy) is 2. The third kappa shape index (κ3) is 6.74. The number of fused-ring (bicyclic) bond motifs is 2. The van der Waals surface area contributed by atoms with Crippen molar-refractivity contribution in [2.75, 3.05) is 13.2 Å². The van der Waals surface area contributed by atoms with Gasteiger partial charge < -0.3 is 19.9 Å². The summed E-state index contributed by atoms with van der Waals surface area (Å²) in [5, 5.41) is 33.3. The zero-order chi connectivity index (χ0) is 26.5. The number of benzene rings is 2. The molecule has 36 heavy (non-hydrogen) atoms. The number of hydrogen-bond acceptors (Lipinski definition) is 10. The maximum Gasteiger partial charge on any atom is 0.407 e. The van der Waals surface area contributed by atoms with E-state index >= 15 is 0 Å². The van der Waals surface area contributed by atoms with Crippen LogP contribution in [0.1, 0.15) is 43.0 Å². The van der Waals surface area contributed by atoms with Crippen LogP contribution in [0.4, 0.5) is 16.2 Å². The summed E-state index contributed by atoms with van der Waals surface area (Å²) < 4.78 is 10.5. The highest BCUT2D eigenvalue weighted by molar-refractivity contribution is 5.87. The lowest BCUT2D eigenvalue weighted by Gasteiger charge is -2.19. The molecule has 0 saturated heterocycles. The predicted octanol–water partition coefficient (Wildman–Crippen LogP) is 3.66. The fraction of sp³-hybridized carbons (Fsp3) is 0.348. The molecule has 190 valence electrons. The van der Waals surface area contributed by atoms with Crippen molar-refractivity contribution in [1.29, 1.82) is 0 Å². The minimum atomic E-state index is -0.609. The largest absolute Gasteiger partial charge is 0.502 e. The first kappa shape index (κ1) is 26.1. The molecular weight excluding hydrogens is 474 g/mol. The van der Waals surface area contributed by atoms with Crippen molar-refractivity contribution < 1.29 is 29.2 Å². The van der Waals surface area contributed by atoms with E-state index in [1.54, 1.807) is 39.3 Å². The number of aromatic hydroxyl groups is 1. The molecule has 0 fully saturated rings. The zero-order valence-electron chi connectivity index (χ0n) is 19.9. The Bertz CT molecular complexity index is 1250. The average Bonchev–Trinajstić information content (AvgIpc) is 3.42. The third-order valence-electron chi connectivity index (χ3n) is 4.86. The normalized spacial score (nSPS) is 12.8.